The summed E-state index contributed by atoms with van der Waals surface area (Å²) in [5.74, 6) is 0.450. The lowest BCUT2D eigenvalue weighted by Gasteiger charge is -2.34. The second-order valence-corrected chi connectivity index (χ2v) is 6.89. The predicted octanol–water partition coefficient (Wildman–Crippen LogP) is 1.45. The molecule has 1 fully saturated rings. The first-order valence-electron chi connectivity index (χ1n) is 9.28. The van der Waals surface area contributed by atoms with Gasteiger partial charge in [-0.05, 0) is 18.1 Å². The Kier molecular flexibility index (Phi) is 5.02. The number of benzene rings is 1. The summed E-state index contributed by atoms with van der Waals surface area (Å²) in [6.45, 7) is 4.36. The zero-order valence-corrected chi connectivity index (χ0v) is 15.1. The van der Waals surface area contributed by atoms with E-state index in [9.17, 15) is 9.59 Å². The first kappa shape index (κ1) is 17.5. The van der Waals surface area contributed by atoms with E-state index in [0.29, 0.717) is 30.2 Å². The zero-order valence-electron chi connectivity index (χ0n) is 15.1. The third-order valence-electron chi connectivity index (χ3n) is 5.04. The highest BCUT2D eigenvalue weighted by Crippen LogP contribution is 2.23. The van der Waals surface area contributed by atoms with Gasteiger partial charge in [0.05, 0.1) is 17.8 Å². The Balaban J connectivity index is 1.32. The number of rotatable bonds is 4. The van der Waals surface area contributed by atoms with E-state index in [1.165, 1.54) is 5.56 Å². The van der Waals surface area contributed by atoms with E-state index in [0.717, 1.165) is 26.1 Å². The van der Waals surface area contributed by atoms with E-state index in [-0.39, 0.29) is 18.4 Å². The van der Waals surface area contributed by atoms with Crippen LogP contribution in [0.5, 0.6) is 0 Å². The molecule has 0 bridgehead atoms. The molecule has 0 atom stereocenters. The van der Waals surface area contributed by atoms with E-state index in [1.54, 1.807) is 12.3 Å². The van der Waals surface area contributed by atoms with Crippen molar-refractivity contribution >= 4 is 23.3 Å². The summed E-state index contributed by atoms with van der Waals surface area (Å²) >= 11 is 0. The molecular weight excluding hydrogens is 342 g/mol. The van der Waals surface area contributed by atoms with Crippen molar-refractivity contribution in [2.24, 2.45) is 0 Å². The Morgan fingerprint density at radius 1 is 1.11 bits per heavy atom. The third kappa shape index (κ3) is 4.09. The average Bonchev–Trinajstić information content (AvgIpc) is 2.72. The molecule has 0 saturated carbocycles. The van der Waals surface area contributed by atoms with Crippen molar-refractivity contribution in [3.63, 3.8) is 0 Å². The normalized spacial score (nSPS) is 17.0. The summed E-state index contributed by atoms with van der Waals surface area (Å²) < 4.78 is 0. The van der Waals surface area contributed by atoms with Crippen molar-refractivity contribution in [1.82, 2.24) is 14.8 Å². The zero-order chi connectivity index (χ0) is 18.6. The van der Waals surface area contributed by atoms with Crippen LogP contribution in [0, 0.1) is 0 Å². The van der Waals surface area contributed by atoms with E-state index in [2.05, 4.69) is 44.8 Å². The van der Waals surface area contributed by atoms with Crippen LogP contribution in [-0.2, 0) is 11.2 Å². The molecule has 27 heavy (non-hydrogen) atoms. The molecule has 7 nitrogen and oxygen atoms in total. The first-order valence-corrected chi connectivity index (χ1v) is 9.28. The minimum absolute atomic E-state index is 0.0344. The lowest BCUT2D eigenvalue weighted by atomic mass is 10.1. The summed E-state index contributed by atoms with van der Waals surface area (Å²) in [6, 6.07) is 12.2. The van der Waals surface area contributed by atoms with Crippen LogP contribution in [0.15, 0.2) is 42.6 Å². The molecule has 0 radical (unpaired) electrons. The Hall–Kier alpha value is -2.93. The molecule has 0 unspecified atom stereocenters. The van der Waals surface area contributed by atoms with Gasteiger partial charge in [0.1, 0.15) is 5.82 Å². The average molecular weight is 365 g/mol. The number of nitrogens with one attached hydrogen (secondary N) is 2. The summed E-state index contributed by atoms with van der Waals surface area (Å²) in [4.78, 5) is 32.8. The van der Waals surface area contributed by atoms with Gasteiger partial charge in [0.2, 0.25) is 5.91 Å². The topological polar surface area (TPSA) is 77.6 Å². The fraction of sp³-hybridized carbons (Fsp3) is 0.350. The molecule has 0 aliphatic carbocycles. The molecule has 4 rings (SSSR count). The van der Waals surface area contributed by atoms with Crippen molar-refractivity contribution in [3.05, 3.63) is 53.7 Å². The van der Waals surface area contributed by atoms with Crippen molar-refractivity contribution in [3.8, 4) is 0 Å². The molecule has 2 aliphatic rings. The summed E-state index contributed by atoms with van der Waals surface area (Å²) in [6.07, 6.45) is 2.60. The van der Waals surface area contributed by atoms with Crippen LogP contribution in [-0.4, -0.2) is 65.9 Å². The maximum atomic E-state index is 12.8. The van der Waals surface area contributed by atoms with E-state index in [4.69, 9.17) is 0 Å². The highest BCUT2D eigenvalue weighted by Gasteiger charge is 2.24. The number of hydrogen-bond acceptors (Lipinski definition) is 5. The number of amides is 2. The molecule has 1 aromatic carbocycles. The maximum Gasteiger partial charge on any atom is 0.255 e. The van der Waals surface area contributed by atoms with Gasteiger partial charge in [0.15, 0.2) is 0 Å². The van der Waals surface area contributed by atoms with Crippen LogP contribution in [0.2, 0.25) is 0 Å². The quantitative estimate of drug-likeness (QED) is 0.858. The van der Waals surface area contributed by atoms with Crippen LogP contribution in [0.25, 0.3) is 0 Å². The lowest BCUT2D eigenvalue weighted by Crippen LogP contribution is -2.49. The Morgan fingerprint density at radius 3 is 2.67 bits per heavy atom. The minimum Gasteiger partial charge on any atom is -0.359 e. The number of anilines is 2. The third-order valence-corrected chi connectivity index (χ3v) is 5.04. The van der Waals surface area contributed by atoms with Gasteiger partial charge >= 0.3 is 0 Å². The van der Waals surface area contributed by atoms with Crippen molar-refractivity contribution in [2.75, 3.05) is 49.9 Å². The summed E-state index contributed by atoms with van der Waals surface area (Å²) in [5, 5.41) is 5.69. The van der Waals surface area contributed by atoms with Gasteiger partial charge in [-0.25, -0.2) is 4.98 Å². The molecule has 1 saturated heterocycles. The van der Waals surface area contributed by atoms with Gasteiger partial charge < -0.3 is 15.5 Å². The molecule has 2 amide bonds. The monoisotopic (exact) mass is 365 g/mol. The molecule has 1 aromatic heterocycles. The number of aromatic nitrogens is 1. The number of pyridine rings is 1. The number of fused-ring (bicyclic) bond motifs is 1. The second kappa shape index (κ2) is 7.75. The van der Waals surface area contributed by atoms with E-state index < -0.39 is 0 Å². The molecule has 2 aliphatic heterocycles. The highest BCUT2D eigenvalue weighted by atomic mass is 16.2. The van der Waals surface area contributed by atoms with E-state index in [1.807, 2.05) is 11.0 Å². The maximum absolute atomic E-state index is 12.8. The number of carbonyl (C=O) groups is 2. The molecule has 7 heteroatoms. The Bertz CT molecular complexity index is 832. The van der Waals surface area contributed by atoms with Crippen LogP contribution in [0.1, 0.15) is 15.9 Å². The first-order chi connectivity index (χ1) is 13.2. The van der Waals surface area contributed by atoms with Gasteiger partial charge in [-0.15, -0.1) is 0 Å². The van der Waals surface area contributed by atoms with Crippen LogP contribution >= 0.6 is 0 Å². The fourth-order valence-corrected chi connectivity index (χ4v) is 3.47. The second-order valence-electron chi connectivity index (χ2n) is 6.89. The standard InChI is InChI=1S/C20H23N5O2/c26-18-14-22-19-17(23-18)12-16(13-21-19)20(27)25-10-8-24(9-11-25)7-6-15-4-2-1-3-5-15/h1-5,12-13H,6-11,14H2,(H,21,22)(H,23,26). The molecule has 2 aromatic rings. The summed E-state index contributed by atoms with van der Waals surface area (Å²) in [5.41, 5.74) is 2.42. The summed E-state index contributed by atoms with van der Waals surface area (Å²) in [7, 11) is 0. The van der Waals surface area contributed by atoms with Crippen LogP contribution < -0.4 is 10.6 Å². The smallest absolute Gasteiger partial charge is 0.255 e. The number of hydrogen-bond donors (Lipinski definition) is 2. The Morgan fingerprint density at radius 2 is 1.89 bits per heavy atom. The van der Waals surface area contributed by atoms with Crippen molar-refractivity contribution < 1.29 is 9.59 Å². The number of nitrogens with zero attached hydrogens (tertiary/aromatic N) is 3. The largest absolute Gasteiger partial charge is 0.359 e. The minimum atomic E-state index is -0.124. The lowest BCUT2D eigenvalue weighted by molar-refractivity contribution is -0.114. The number of piperazine rings is 1. The van der Waals surface area contributed by atoms with Crippen molar-refractivity contribution in [1.29, 1.82) is 0 Å². The van der Waals surface area contributed by atoms with Gasteiger partial charge in [0, 0.05) is 38.9 Å². The number of carbonyl (C=O) groups excluding carboxylic acids is 2. The molecular formula is C20H23N5O2. The fourth-order valence-electron chi connectivity index (χ4n) is 3.47. The predicted molar refractivity (Wildman–Crippen MR) is 104 cm³/mol. The molecule has 3 heterocycles. The van der Waals surface area contributed by atoms with Gasteiger partial charge in [-0.2, -0.15) is 0 Å². The molecule has 2 N–H and O–H groups in total. The SMILES string of the molecule is O=C1CNc2ncc(C(=O)N3CCN(CCc4ccccc4)CC3)cc2N1. The molecule has 140 valence electrons. The Labute approximate surface area is 158 Å². The molecule has 0 spiro atoms. The van der Waals surface area contributed by atoms with Crippen LogP contribution in [0.4, 0.5) is 11.5 Å². The van der Waals surface area contributed by atoms with Gasteiger partial charge in [-0.1, -0.05) is 30.3 Å². The van der Waals surface area contributed by atoms with Crippen LogP contribution in [0.3, 0.4) is 0 Å². The highest BCUT2D eigenvalue weighted by molar-refractivity contribution is 6.02. The van der Waals surface area contributed by atoms with Crippen molar-refractivity contribution in [2.45, 2.75) is 6.42 Å². The van der Waals surface area contributed by atoms with Gasteiger partial charge in [0.25, 0.3) is 5.91 Å². The van der Waals surface area contributed by atoms with Gasteiger partial charge in [-0.3, -0.25) is 14.5 Å². The van der Waals surface area contributed by atoms with E-state index >= 15 is 0 Å².